The summed E-state index contributed by atoms with van der Waals surface area (Å²) in [5.41, 5.74) is 4.86. The first-order valence-corrected chi connectivity index (χ1v) is 10.5. The SMILES string of the molecule is CC(=O)NCC1CN(c2cc(F)c(-c3coc(N(C)C)n3)c(F)c2)C(=O)O1.Nc1cc(F)cc(F)c1. The van der Waals surface area contributed by atoms with E-state index >= 15 is 0 Å². The van der Waals surface area contributed by atoms with E-state index in [2.05, 4.69) is 10.3 Å². The number of oxazole rings is 1. The number of cyclic esters (lactones) is 1. The molecule has 192 valence electrons. The van der Waals surface area contributed by atoms with Crippen LogP contribution < -0.4 is 20.9 Å². The molecule has 1 aliphatic rings. The maximum atomic E-state index is 14.6. The van der Waals surface area contributed by atoms with Crippen LogP contribution in [0.3, 0.4) is 0 Å². The van der Waals surface area contributed by atoms with Crippen molar-refractivity contribution in [2.45, 2.75) is 13.0 Å². The number of aromatic nitrogens is 1. The molecule has 2 heterocycles. The number of anilines is 3. The van der Waals surface area contributed by atoms with Gasteiger partial charge in [-0.2, -0.15) is 4.98 Å². The van der Waals surface area contributed by atoms with E-state index < -0.39 is 35.5 Å². The van der Waals surface area contributed by atoms with Crippen LogP contribution in [-0.2, 0) is 9.53 Å². The minimum atomic E-state index is -0.887. The van der Waals surface area contributed by atoms with Gasteiger partial charge >= 0.3 is 6.09 Å². The molecule has 0 bridgehead atoms. The van der Waals surface area contributed by atoms with Gasteiger partial charge in [0.25, 0.3) is 6.01 Å². The molecule has 2 aromatic carbocycles. The van der Waals surface area contributed by atoms with Crippen LogP contribution in [0.2, 0.25) is 0 Å². The molecular formula is C23H23F4N5O4. The monoisotopic (exact) mass is 509 g/mol. The molecule has 0 radical (unpaired) electrons. The van der Waals surface area contributed by atoms with E-state index in [0.29, 0.717) is 0 Å². The first-order chi connectivity index (χ1) is 16.9. The van der Waals surface area contributed by atoms with E-state index in [1.165, 1.54) is 6.92 Å². The zero-order chi connectivity index (χ0) is 26.6. The van der Waals surface area contributed by atoms with Crippen molar-refractivity contribution in [2.75, 3.05) is 42.7 Å². The minimum absolute atomic E-state index is 0.00721. The predicted octanol–water partition coefficient (Wildman–Crippen LogP) is 3.69. The molecule has 3 aromatic rings. The molecule has 0 spiro atoms. The summed E-state index contributed by atoms with van der Waals surface area (Å²) in [7, 11) is 3.36. The van der Waals surface area contributed by atoms with Crippen molar-refractivity contribution >= 4 is 29.4 Å². The van der Waals surface area contributed by atoms with Crippen LogP contribution in [0.5, 0.6) is 0 Å². The lowest BCUT2D eigenvalue weighted by atomic mass is 10.1. The number of hydrogen-bond acceptors (Lipinski definition) is 7. The van der Waals surface area contributed by atoms with Crippen LogP contribution in [0.1, 0.15) is 6.92 Å². The summed E-state index contributed by atoms with van der Waals surface area (Å²) >= 11 is 0. The topological polar surface area (TPSA) is 114 Å². The third kappa shape index (κ3) is 6.43. The molecule has 1 aromatic heterocycles. The zero-order valence-corrected chi connectivity index (χ0v) is 19.5. The largest absolute Gasteiger partial charge is 0.442 e. The fraction of sp³-hybridized carbons (Fsp3) is 0.261. The van der Waals surface area contributed by atoms with Gasteiger partial charge in [-0.05, 0) is 24.3 Å². The van der Waals surface area contributed by atoms with Crippen LogP contribution in [0, 0.1) is 23.3 Å². The van der Waals surface area contributed by atoms with E-state index in [0.717, 1.165) is 41.5 Å². The number of benzene rings is 2. The van der Waals surface area contributed by atoms with Crippen LogP contribution >= 0.6 is 0 Å². The third-order valence-corrected chi connectivity index (χ3v) is 4.81. The number of amides is 2. The Morgan fingerprint density at radius 1 is 1.14 bits per heavy atom. The van der Waals surface area contributed by atoms with Gasteiger partial charge in [0.15, 0.2) is 0 Å². The molecule has 1 aliphatic heterocycles. The summed E-state index contributed by atoms with van der Waals surface area (Å²) in [6, 6.07) is 5.16. The van der Waals surface area contributed by atoms with Crippen LogP contribution in [0.4, 0.5) is 39.7 Å². The molecule has 1 saturated heterocycles. The highest BCUT2D eigenvalue weighted by molar-refractivity contribution is 5.90. The van der Waals surface area contributed by atoms with Gasteiger partial charge in [0.1, 0.15) is 41.3 Å². The predicted molar refractivity (Wildman–Crippen MR) is 123 cm³/mol. The smallest absolute Gasteiger partial charge is 0.414 e. The molecular weight excluding hydrogens is 486 g/mol. The summed E-state index contributed by atoms with van der Waals surface area (Å²) in [5.74, 6) is -3.33. The Labute approximate surface area is 203 Å². The summed E-state index contributed by atoms with van der Waals surface area (Å²) in [4.78, 5) is 29.7. The molecule has 0 saturated carbocycles. The number of hydrogen-bond donors (Lipinski definition) is 2. The fourth-order valence-electron chi connectivity index (χ4n) is 3.22. The van der Waals surface area contributed by atoms with E-state index in [1.54, 1.807) is 19.0 Å². The number of rotatable bonds is 5. The van der Waals surface area contributed by atoms with E-state index in [4.69, 9.17) is 14.9 Å². The van der Waals surface area contributed by atoms with Crippen LogP contribution in [0.25, 0.3) is 11.3 Å². The highest BCUT2D eigenvalue weighted by Gasteiger charge is 2.33. The first-order valence-electron chi connectivity index (χ1n) is 10.5. The Morgan fingerprint density at radius 2 is 1.75 bits per heavy atom. The molecule has 3 N–H and O–H groups in total. The quantitative estimate of drug-likeness (QED) is 0.398. The lowest BCUT2D eigenvalue weighted by molar-refractivity contribution is -0.119. The van der Waals surface area contributed by atoms with E-state index in [-0.39, 0.29) is 47.6 Å². The maximum Gasteiger partial charge on any atom is 0.414 e. The fourth-order valence-corrected chi connectivity index (χ4v) is 3.22. The number of carbonyl (C=O) groups is 2. The Bertz CT molecular complexity index is 1190. The molecule has 9 nitrogen and oxygen atoms in total. The Hall–Kier alpha value is -4.29. The number of nitrogen functional groups attached to an aromatic ring is 1. The summed E-state index contributed by atoms with van der Waals surface area (Å²) in [5, 5.41) is 2.53. The lowest BCUT2D eigenvalue weighted by Crippen LogP contribution is -2.33. The zero-order valence-electron chi connectivity index (χ0n) is 19.5. The maximum absolute atomic E-state index is 14.6. The molecule has 1 fully saturated rings. The molecule has 13 heteroatoms. The number of nitrogens with zero attached hydrogens (tertiary/aromatic N) is 3. The summed E-state index contributed by atoms with van der Waals surface area (Å²) in [6.07, 6.45) is -0.192. The van der Waals surface area contributed by atoms with Gasteiger partial charge < -0.3 is 25.1 Å². The number of ether oxygens (including phenoxy) is 1. The van der Waals surface area contributed by atoms with E-state index in [1.807, 2.05) is 0 Å². The normalized spacial score (nSPS) is 14.7. The van der Waals surface area contributed by atoms with Gasteiger partial charge in [-0.15, -0.1) is 0 Å². The first kappa shape index (κ1) is 26.3. The summed E-state index contributed by atoms with van der Waals surface area (Å²) < 4.78 is 63.6. The molecule has 0 aliphatic carbocycles. The van der Waals surface area contributed by atoms with Crippen molar-refractivity contribution in [1.29, 1.82) is 0 Å². The number of carbonyl (C=O) groups excluding carboxylic acids is 2. The van der Waals surface area contributed by atoms with Gasteiger partial charge in [-0.25, -0.2) is 22.4 Å². The second-order valence-electron chi connectivity index (χ2n) is 7.95. The third-order valence-electron chi connectivity index (χ3n) is 4.81. The second kappa shape index (κ2) is 11.0. The molecule has 1 unspecified atom stereocenters. The molecule has 4 rings (SSSR count). The Balaban J connectivity index is 0.000000338. The van der Waals surface area contributed by atoms with E-state index in [9.17, 15) is 27.2 Å². The van der Waals surface area contributed by atoms with Crippen LogP contribution in [-0.4, -0.2) is 50.3 Å². The number of nitrogens with one attached hydrogen (secondary N) is 1. The average molecular weight is 509 g/mol. The van der Waals surface area contributed by atoms with Crippen molar-refractivity contribution in [1.82, 2.24) is 10.3 Å². The molecule has 1 atom stereocenters. The van der Waals surface area contributed by atoms with Crippen molar-refractivity contribution in [3.8, 4) is 11.3 Å². The van der Waals surface area contributed by atoms with Crippen molar-refractivity contribution in [3.05, 3.63) is 59.9 Å². The number of halogens is 4. The summed E-state index contributed by atoms with van der Waals surface area (Å²) in [6.45, 7) is 1.52. The minimum Gasteiger partial charge on any atom is -0.442 e. The van der Waals surface area contributed by atoms with Crippen molar-refractivity contribution in [3.63, 3.8) is 0 Å². The number of nitrogens with two attached hydrogens (primary N) is 1. The van der Waals surface area contributed by atoms with Crippen molar-refractivity contribution < 1.29 is 36.3 Å². The highest BCUT2D eigenvalue weighted by Crippen LogP contribution is 2.32. The van der Waals surface area contributed by atoms with Crippen molar-refractivity contribution in [2.24, 2.45) is 0 Å². The average Bonchev–Trinajstić information content (AvgIpc) is 3.38. The van der Waals surface area contributed by atoms with Gasteiger partial charge in [-0.3, -0.25) is 9.69 Å². The second-order valence-corrected chi connectivity index (χ2v) is 7.95. The Morgan fingerprint density at radius 3 is 2.25 bits per heavy atom. The standard InChI is InChI=1S/C17H18F2N4O4.C6H5F2N/c1-9(24)20-6-11-7-23(17(25)27-11)10-4-12(18)15(13(19)5-10)14-8-26-16(21-14)22(2)3;7-4-1-5(8)3-6(9)2-4/h4-5,8,11H,6-7H2,1-3H3,(H,20,24);1-3H,9H2. The van der Waals surface area contributed by atoms with Gasteiger partial charge in [0.05, 0.1) is 24.3 Å². The van der Waals surface area contributed by atoms with Gasteiger partial charge in [-0.1, -0.05) is 0 Å². The highest BCUT2D eigenvalue weighted by atomic mass is 19.1. The Kier molecular flexibility index (Phi) is 8.02. The van der Waals surface area contributed by atoms with Gasteiger partial charge in [0, 0.05) is 32.8 Å². The van der Waals surface area contributed by atoms with Gasteiger partial charge in [0.2, 0.25) is 5.91 Å². The molecule has 2 amide bonds. The molecule has 36 heavy (non-hydrogen) atoms. The van der Waals surface area contributed by atoms with Crippen LogP contribution in [0.15, 0.2) is 41.0 Å². The lowest BCUT2D eigenvalue weighted by Gasteiger charge is -2.14.